The fourth-order valence-electron chi connectivity index (χ4n) is 2.59. The summed E-state index contributed by atoms with van der Waals surface area (Å²) in [4.78, 5) is 0. The van der Waals surface area contributed by atoms with Crippen molar-refractivity contribution in [3.05, 3.63) is 35.4 Å². The molecule has 0 amide bonds. The van der Waals surface area contributed by atoms with E-state index in [0.717, 1.165) is 6.42 Å². The molecule has 2 unspecified atom stereocenters. The Kier molecular flexibility index (Phi) is 5.58. The Balaban J connectivity index is 1.97. The van der Waals surface area contributed by atoms with Crippen molar-refractivity contribution in [2.75, 3.05) is 11.5 Å². The Morgan fingerprint density at radius 2 is 2.06 bits per heavy atom. The second-order valence-electron chi connectivity index (χ2n) is 5.14. The van der Waals surface area contributed by atoms with Gasteiger partial charge in [-0.2, -0.15) is 11.8 Å². The minimum Gasteiger partial charge on any atom is -0.306 e. The van der Waals surface area contributed by atoms with Crippen LogP contribution in [0.5, 0.6) is 0 Å². The Hall–Kier alpha value is -0.470. The molecule has 18 heavy (non-hydrogen) atoms. The first-order valence-electron chi connectivity index (χ1n) is 7.26. The van der Waals surface area contributed by atoms with Crippen molar-refractivity contribution in [2.45, 2.75) is 51.6 Å². The largest absolute Gasteiger partial charge is 0.306 e. The molecule has 1 fully saturated rings. The fourth-order valence-corrected chi connectivity index (χ4v) is 3.68. The van der Waals surface area contributed by atoms with Crippen LogP contribution in [0.4, 0.5) is 0 Å². The molecule has 0 saturated carbocycles. The van der Waals surface area contributed by atoms with Crippen molar-refractivity contribution in [1.29, 1.82) is 0 Å². The van der Waals surface area contributed by atoms with Crippen LogP contribution in [0.1, 0.15) is 50.3 Å². The summed E-state index contributed by atoms with van der Waals surface area (Å²) in [6.45, 7) is 4.49. The Morgan fingerprint density at radius 1 is 1.28 bits per heavy atom. The minimum absolute atomic E-state index is 0.527. The first kappa shape index (κ1) is 14.0. The highest BCUT2D eigenvalue weighted by atomic mass is 32.2. The van der Waals surface area contributed by atoms with Gasteiger partial charge in [0.1, 0.15) is 0 Å². The summed E-state index contributed by atoms with van der Waals surface area (Å²) in [5.74, 6) is 2.63. The summed E-state index contributed by atoms with van der Waals surface area (Å²) in [5, 5.41) is 3.84. The van der Waals surface area contributed by atoms with E-state index < -0.39 is 0 Å². The molecule has 0 spiro atoms. The lowest BCUT2D eigenvalue weighted by Gasteiger charge is -2.28. The Labute approximate surface area is 116 Å². The lowest BCUT2D eigenvalue weighted by molar-refractivity contribution is 0.425. The van der Waals surface area contributed by atoms with Crippen LogP contribution in [0.15, 0.2) is 24.3 Å². The summed E-state index contributed by atoms with van der Waals surface area (Å²) >= 11 is 2.09. The van der Waals surface area contributed by atoms with Gasteiger partial charge in [-0.1, -0.05) is 38.1 Å². The maximum absolute atomic E-state index is 3.84. The van der Waals surface area contributed by atoms with Crippen LogP contribution in [0.25, 0.3) is 0 Å². The highest BCUT2D eigenvalue weighted by Gasteiger charge is 2.18. The van der Waals surface area contributed by atoms with Gasteiger partial charge in [-0.05, 0) is 42.6 Å². The van der Waals surface area contributed by atoms with Gasteiger partial charge in [0, 0.05) is 17.8 Å². The molecular weight excluding hydrogens is 238 g/mol. The van der Waals surface area contributed by atoms with Gasteiger partial charge in [0.2, 0.25) is 0 Å². The number of aryl methyl sites for hydroxylation is 1. The highest BCUT2D eigenvalue weighted by Crippen LogP contribution is 2.23. The maximum Gasteiger partial charge on any atom is 0.0320 e. The second-order valence-corrected chi connectivity index (χ2v) is 6.29. The van der Waals surface area contributed by atoms with E-state index in [4.69, 9.17) is 0 Å². The molecule has 0 bridgehead atoms. The van der Waals surface area contributed by atoms with Crippen molar-refractivity contribution in [1.82, 2.24) is 5.32 Å². The second kappa shape index (κ2) is 7.20. The van der Waals surface area contributed by atoms with E-state index in [9.17, 15) is 0 Å². The van der Waals surface area contributed by atoms with Crippen molar-refractivity contribution in [2.24, 2.45) is 0 Å². The smallest absolute Gasteiger partial charge is 0.0320 e. The number of benzene rings is 1. The molecule has 100 valence electrons. The van der Waals surface area contributed by atoms with Gasteiger partial charge < -0.3 is 5.32 Å². The van der Waals surface area contributed by atoms with E-state index in [0.29, 0.717) is 12.1 Å². The van der Waals surface area contributed by atoms with Crippen LogP contribution in [-0.2, 0) is 6.42 Å². The third-order valence-corrected chi connectivity index (χ3v) is 5.01. The molecule has 1 saturated heterocycles. The van der Waals surface area contributed by atoms with Crippen molar-refractivity contribution < 1.29 is 0 Å². The number of hydrogen-bond acceptors (Lipinski definition) is 2. The molecule has 0 aliphatic carbocycles. The zero-order valence-corrected chi connectivity index (χ0v) is 12.4. The molecule has 0 aromatic heterocycles. The highest BCUT2D eigenvalue weighted by molar-refractivity contribution is 7.99. The SMILES string of the molecule is CCc1ccc(C(CC)NC2CCCSC2)cc1. The molecule has 1 aliphatic rings. The third-order valence-electron chi connectivity index (χ3n) is 3.80. The zero-order valence-electron chi connectivity index (χ0n) is 11.6. The average Bonchev–Trinajstić information content (AvgIpc) is 2.46. The van der Waals surface area contributed by atoms with E-state index in [2.05, 4.69) is 55.2 Å². The molecule has 1 heterocycles. The standard InChI is InChI=1S/C16H25NS/c1-3-13-7-9-14(10-8-13)16(4-2)17-15-6-5-11-18-12-15/h7-10,15-17H,3-6,11-12H2,1-2H3. The summed E-state index contributed by atoms with van der Waals surface area (Å²) in [5.41, 5.74) is 2.88. The van der Waals surface area contributed by atoms with Crippen LogP contribution in [0.2, 0.25) is 0 Å². The molecule has 2 atom stereocenters. The molecule has 1 N–H and O–H groups in total. The molecule has 0 radical (unpaired) electrons. The monoisotopic (exact) mass is 263 g/mol. The van der Waals surface area contributed by atoms with Gasteiger partial charge in [-0.25, -0.2) is 0 Å². The normalized spacial score (nSPS) is 21.8. The predicted molar refractivity (Wildman–Crippen MR) is 82.3 cm³/mol. The molecule has 1 aromatic rings. The summed E-state index contributed by atoms with van der Waals surface area (Å²) in [6, 6.07) is 10.4. The fraction of sp³-hybridized carbons (Fsp3) is 0.625. The first-order valence-corrected chi connectivity index (χ1v) is 8.41. The summed E-state index contributed by atoms with van der Waals surface area (Å²) in [6.07, 6.45) is 5.01. The molecule has 1 nitrogen and oxygen atoms in total. The topological polar surface area (TPSA) is 12.0 Å². The lowest BCUT2D eigenvalue weighted by Crippen LogP contribution is -2.36. The van der Waals surface area contributed by atoms with Gasteiger partial charge in [-0.15, -0.1) is 0 Å². The van der Waals surface area contributed by atoms with Gasteiger partial charge in [0.05, 0.1) is 0 Å². The van der Waals surface area contributed by atoms with E-state index in [-0.39, 0.29) is 0 Å². The van der Waals surface area contributed by atoms with Crippen LogP contribution >= 0.6 is 11.8 Å². The molecular formula is C16H25NS. The molecule has 2 heteroatoms. The quantitative estimate of drug-likeness (QED) is 0.855. The average molecular weight is 263 g/mol. The summed E-state index contributed by atoms with van der Waals surface area (Å²) in [7, 11) is 0. The van der Waals surface area contributed by atoms with E-state index >= 15 is 0 Å². The third kappa shape index (κ3) is 3.76. The molecule has 2 rings (SSSR count). The Bertz CT molecular complexity index is 341. The Morgan fingerprint density at radius 3 is 2.61 bits per heavy atom. The van der Waals surface area contributed by atoms with E-state index in [1.54, 1.807) is 0 Å². The van der Waals surface area contributed by atoms with Gasteiger partial charge >= 0.3 is 0 Å². The zero-order chi connectivity index (χ0) is 12.8. The predicted octanol–water partition coefficient (Wildman–Crippen LogP) is 4.19. The van der Waals surface area contributed by atoms with Crippen LogP contribution in [0, 0.1) is 0 Å². The molecule has 1 aromatic carbocycles. The van der Waals surface area contributed by atoms with Gasteiger partial charge in [0.25, 0.3) is 0 Å². The van der Waals surface area contributed by atoms with Crippen molar-refractivity contribution in [3.8, 4) is 0 Å². The van der Waals surface area contributed by atoms with Crippen LogP contribution in [-0.4, -0.2) is 17.5 Å². The van der Waals surface area contributed by atoms with Crippen molar-refractivity contribution in [3.63, 3.8) is 0 Å². The van der Waals surface area contributed by atoms with Gasteiger partial charge in [-0.3, -0.25) is 0 Å². The molecule has 1 aliphatic heterocycles. The number of hydrogen-bond donors (Lipinski definition) is 1. The van der Waals surface area contributed by atoms with Gasteiger partial charge in [0.15, 0.2) is 0 Å². The van der Waals surface area contributed by atoms with E-state index in [1.165, 1.54) is 41.9 Å². The number of nitrogens with one attached hydrogen (secondary N) is 1. The maximum atomic E-state index is 3.84. The first-order chi connectivity index (χ1) is 8.83. The van der Waals surface area contributed by atoms with Crippen LogP contribution in [0.3, 0.4) is 0 Å². The number of thioether (sulfide) groups is 1. The minimum atomic E-state index is 0.527. The summed E-state index contributed by atoms with van der Waals surface area (Å²) < 4.78 is 0. The number of rotatable bonds is 5. The van der Waals surface area contributed by atoms with Crippen LogP contribution < -0.4 is 5.32 Å². The van der Waals surface area contributed by atoms with Crippen molar-refractivity contribution >= 4 is 11.8 Å². The lowest BCUT2D eigenvalue weighted by atomic mass is 10.0. The van der Waals surface area contributed by atoms with E-state index in [1.807, 2.05) is 0 Å².